The topological polar surface area (TPSA) is 83.7 Å². The maximum absolute atomic E-state index is 12.6. The molecule has 0 unspecified atom stereocenters. The molecule has 1 aromatic carbocycles. The molecule has 0 bridgehead atoms. The second-order valence-corrected chi connectivity index (χ2v) is 8.68. The minimum Gasteiger partial charge on any atom is -0.339 e. The van der Waals surface area contributed by atoms with Gasteiger partial charge in [-0.25, -0.2) is 12.7 Å². The molecule has 25 heavy (non-hydrogen) atoms. The summed E-state index contributed by atoms with van der Waals surface area (Å²) in [4.78, 5) is 14.1. The van der Waals surface area contributed by atoms with Gasteiger partial charge >= 0.3 is 0 Å². The number of halogens is 1. The molecule has 0 aliphatic rings. The van der Waals surface area contributed by atoms with Gasteiger partial charge in [0.15, 0.2) is 0 Å². The van der Waals surface area contributed by atoms with Crippen LogP contribution in [0, 0.1) is 5.41 Å². The van der Waals surface area contributed by atoms with Gasteiger partial charge in [0.1, 0.15) is 0 Å². The van der Waals surface area contributed by atoms with Crippen molar-refractivity contribution in [1.29, 1.82) is 0 Å². The average molecular weight is 392 g/mol. The van der Waals surface area contributed by atoms with Crippen LogP contribution in [0.15, 0.2) is 29.2 Å². The Morgan fingerprint density at radius 1 is 1.12 bits per heavy atom. The van der Waals surface area contributed by atoms with Gasteiger partial charge in [0, 0.05) is 32.2 Å². The minimum atomic E-state index is -3.60. The van der Waals surface area contributed by atoms with Crippen molar-refractivity contribution < 1.29 is 13.2 Å². The fourth-order valence-electron chi connectivity index (χ4n) is 2.40. The molecule has 0 aromatic heterocycles. The van der Waals surface area contributed by atoms with Crippen molar-refractivity contribution in [3.05, 3.63) is 29.8 Å². The van der Waals surface area contributed by atoms with Crippen LogP contribution in [0.4, 0.5) is 0 Å². The molecule has 144 valence electrons. The smallest absolute Gasteiger partial charge is 0.253 e. The van der Waals surface area contributed by atoms with Crippen LogP contribution in [0.25, 0.3) is 0 Å². The number of rotatable bonds is 8. The number of benzene rings is 1. The molecule has 0 saturated heterocycles. The monoisotopic (exact) mass is 391 g/mol. The number of nitrogens with zero attached hydrogens (tertiary/aromatic N) is 2. The summed E-state index contributed by atoms with van der Waals surface area (Å²) in [5, 5.41) is 0. The lowest BCUT2D eigenvalue weighted by Gasteiger charge is -2.28. The van der Waals surface area contributed by atoms with E-state index in [4.69, 9.17) is 5.73 Å². The molecule has 0 atom stereocenters. The van der Waals surface area contributed by atoms with E-state index in [1.165, 1.54) is 16.4 Å². The van der Waals surface area contributed by atoms with Crippen molar-refractivity contribution >= 4 is 28.3 Å². The second kappa shape index (κ2) is 9.52. The van der Waals surface area contributed by atoms with Gasteiger partial charge in [-0.2, -0.15) is 0 Å². The summed E-state index contributed by atoms with van der Waals surface area (Å²) in [6.07, 6.45) is 0. The van der Waals surface area contributed by atoms with Crippen LogP contribution < -0.4 is 5.73 Å². The second-order valence-electron chi connectivity index (χ2n) is 6.63. The summed E-state index contributed by atoms with van der Waals surface area (Å²) < 4.78 is 26.6. The number of amides is 1. The molecule has 0 fully saturated rings. The Balaban J connectivity index is 0.00000576. The fourth-order valence-corrected chi connectivity index (χ4v) is 3.75. The lowest BCUT2D eigenvalue weighted by Crippen LogP contribution is -2.39. The predicted molar refractivity (Wildman–Crippen MR) is 104 cm³/mol. The highest BCUT2D eigenvalue weighted by Gasteiger charge is 2.27. The summed E-state index contributed by atoms with van der Waals surface area (Å²) in [7, 11) is -2.06. The van der Waals surface area contributed by atoms with Gasteiger partial charge in [-0.3, -0.25) is 4.79 Å². The highest BCUT2D eigenvalue weighted by Crippen LogP contribution is 2.21. The molecule has 0 radical (unpaired) electrons. The van der Waals surface area contributed by atoms with Gasteiger partial charge in [-0.05, 0) is 50.1 Å². The van der Waals surface area contributed by atoms with Crippen LogP contribution in [0.2, 0.25) is 0 Å². The maximum Gasteiger partial charge on any atom is 0.253 e. The summed E-state index contributed by atoms with van der Waals surface area (Å²) in [6, 6.07) is 6.10. The Bertz CT molecular complexity index is 656. The lowest BCUT2D eigenvalue weighted by molar-refractivity contribution is 0.0773. The molecule has 6 nitrogen and oxygen atoms in total. The van der Waals surface area contributed by atoms with E-state index in [9.17, 15) is 13.2 Å². The van der Waals surface area contributed by atoms with Crippen molar-refractivity contribution in [3.8, 4) is 0 Å². The first-order valence-corrected chi connectivity index (χ1v) is 9.58. The van der Waals surface area contributed by atoms with Crippen LogP contribution in [-0.2, 0) is 10.0 Å². The number of carbonyl (C=O) groups excluding carboxylic acids is 1. The molecule has 1 rings (SSSR count). The van der Waals surface area contributed by atoms with E-state index in [1.54, 1.807) is 24.1 Å². The zero-order valence-corrected chi connectivity index (χ0v) is 17.3. The Morgan fingerprint density at radius 2 is 1.60 bits per heavy atom. The first-order chi connectivity index (χ1) is 11.1. The third-order valence-electron chi connectivity index (χ3n) is 4.06. The zero-order chi connectivity index (χ0) is 18.5. The van der Waals surface area contributed by atoms with Gasteiger partial charge in [0.05, 0.1) is 4.90 Å². The van der Waals surface area contributed by atoms with E-state index in [-0.39, 0.29) is 28.6 Å². The van der Waals surface area contributed by atoms with E-state index >= 15 is 0 Å². The van der Waals surface area contributed by atoms with E-state index in [0.717, 1.165) is 0 Å². The van der Waals surface area contributed by atoms with Crippen molar-refractivity contribution in [1.82, 2.24) is 9.21 Å². The molecule has 1 aromatic rings. The highest BCUT2D eigenvalue weighted by molar-refractivity contribution is 7.89. The summed E-state index contributed by atoms with van der Waals surface area (Å²) in [5.41, 5.74) is 5.86. The lowest BCUT2D eigenvalue weighted by atomic mass is 9.94. The number of carbonyl (C=O) groups is 1. The molecule has 0 aliphatic carbocycles. The van der Waals surface area contributed by atoms with Gasteiger partial charge in [0.2, 0.25) is 10.0 Å². The van der Waals surface area contributed by atoms with Crippen LogP contribution in [0.3, 0.4) is 0 Å². The third-order valence-corrected chi connectivity index (χ3v) is 5.88. The molecule has 0 spiro atoms. The minimum absolute atomic E-state index is 0. The Morgan fingerprint density at radius 3 is 2.00 bits per heavy atom. The Kier molecular flexibility index (Phi) is 9.08. The molecule has 2 N–H and O–H groups in total. The SMILES string of the molecule is CCN(CC)C(=O)c1ccc(S(=O)(=O)N(C)CC(C)(C)CN)cc1.Cl. The van der Waals surface area contributed by atoms with E-state index in [0.29, 0.717) is 31.7 Å². The first kappa shape index (κ1) is 23.9. The molecule has 0 saturated carbocycles. The molecule has 1 amide bonds. The highest BCUT2D eigenvalue weighted by atomic mass is 35.5. The molecular weight excluding hydrogens is 362 g/mol. The maximum atomic E-state index is 12.6. The quantitative estimate of drug-likeness (QED) is 0.736. The van der Waals surface area contributed by atoms with Crippen molar-refractivity contribution in [2.24, 2.45) is 11.1 Å². The fraction of sp³-hybridized carbons (Fsp3) is 0.588. The van der Waals surface area contributed by atoms with Crippen LogP contribution in [-0.4, -0.2) is 56.8 Å². The summed E-state index contributed by atoms with van der Waals surface area (Å²) >= 11 is 0. The third kappa shape index (κ3) is 5.95. The summed E-state index contributed by atoms with van der Waals surface area (Å²) in [6.45, 7) is 9.62. The van der Waals surface area contributed by atoms with Crippen LogP contribution in [0.5, 0.6) is 0 Å². The number of hydrogen-bond acceptors (Lipinski definition) is 4. The Hall–Kier alpha value is -1.15. The molecular formula is C17H30ClN3O3S. The van der Waals surface area contributed by atoms with Crippen molar-refractivity contribution in [2.75, 3.05) is 33.2 Å². The van der Waals surface area contributed by atoms with Crippen LogP contribution in [0.1, 0.15) is 38.1 Å². The first-order valence-electron chi connectivity index (χ1n) is 8.14. The zero-order valence-electron chi connectivity index (χ0n) is 15.7. The van der Waals surface area contributed by atoms with E-state index in [1.807, 2.05) is 27.7 Å². The van der Waals surface area contributed by atoms with Crippen LogP contribution >= 0.6 is 12.4 Å². The van der Waals surface area contributed by atoms with Gasteiger partial charge in [-0.1, -0.05) is 13.8 Å². The molecule has 0 heterocycles. The van der Waals surface area contributed by atoms with E-state index in [2.05, 4.69) is 0 Å². The standard InChI is InChI=1S/C17H29N3O3S.ClH/c1-6-20(7-2)16(21)14-8-10-15(11-9-14)24(22,23)19(5)13-17(3,4)12-18;/h8-11H,6-7,12-13,18H2,1-5H3;1H. The van der Waals surface area contributed by atoms with Gasteiger partial charge in [-0.15, -0.1) is 12.4 Å². The van der Waals surface area contributed by atoms with Crippen molar-refractivity contribution in [2.45, 2.75) is 32.6 Å². The number of hydrogen-bond donors (Lipinski definition) is 1. The molecule has 8 heteroatoms. The predicted octanol–water partition coefficient (Wildman–Crippen LogP) is 2.20. The van der Waals surface area contributed by atoms with Gasteiger partial charge < -0.3 is 10.6 Å². The molecule has 0 aliphatic heterocycles. The van der Waals surface area contributed by atoms with Crippen molar-refractivity contribution in [3.63, 3.8) is 0 Å². The number of nitrogens with two attached hydrogens (primary N) is 1. The Labute approximate surface area is 157 Å². The number of sulfonamides is 1. The van der Waals surface area contributed by atoms with E-state index < -0.39 is 10.0 Å². The largest absolute Gasteiger partial charge is 0.339 e. The normalized spacial score (nSPS) is 12.0. The average Bonchev–Trinajstić information content (AvgIpc) is 2.55. The van der Waals surface area contributed by atoms with Gasteiger partial charge in [0.25, 0.3) is 5.91 Å². The summed E-state index contributed by atoms with van der Waals surface area (Å²) in [5.74, 6) is -0.0958.